The third-order valence-corrected chi connectivity index (χ3v) is 4.27. The van der Waals surface area contributed by atoms with Crippen LogP contribution in [0.5, 0.6) is 0 Å². The van der Waals surface area contributed by atoms with E-state index < -0.39 is 0 Å². The fraction of sp³-hybridized carbons (Fsp3) is 1.00. The van der Waals surface area contributed by atoms with E-state index in [1.54, 1.807) is 0 Å². The van der Waals surface area contributed by atoms with Gasteiger partial charge in [0.1, 0.15) is 0 Å². The summed E-state index contributed by atoms with van der Waals surface area (Å²) in [5, 5.41) is 3.75. The van der Waals surface area contributed by atoms with Crippen molar-refractivity contribution >= 4 is 0 Å². The van der Waals surface area contributed by atoms with Crippen molar-refractivity contribution < 1.29 is 0 Å². The van der Waals surface area contributed by atoms with Gasteiger partial charge in [-0.25, -0.2) is 0 Å². The van der Waals surface area contributed by atoms with Crippen molar-refractivity contribution in [3.63, 3.8) is 0 Å². The maximum Gasteiger partial charge on any atom is 0.0100 e. The molecular formula is C16H33N. The van der Waals surface area contributed by atoms with E-state index in [1.165, 1.54) is 38.5 Å². The first kappa shape index (κ1) is 15.0. The number of hydrogen-bond acceptors (Lipinski definition) is 1. The summed E-state index contributed by atoms with van der Waals surface area (Å²) < 4.78 is 0. The molecule has 0 aliphatic heterocycles. The first-order chi connectivity index (χ1) is 7.96. The summed E-state index contributed by atoms with van der Waals surface area (Å²) in [5.41, 5.74) is 0.450. The zero-order valence-electron chi connectivity index (χ0n) is 12.7. The summed E-state index contributed by atoms with van der Waals surface area (Å²) in [4.78, 5) is 0. The van der Waals surface area contributed by atoms with Gasteiger partial charge in [0.2, 0.25) is 0 Å². The minimum Gasteiger partial charge on any atom is -0.314 e. The molecule has 0 aromatic carbocycles. The van der Waals surface area contributed by atoms with Gasteiger partial charge in [0.25, 0.3) is 0 Å². The Balaban J connectivity index is 2.56. The maximum atomic E-state index is 3.75. The summed E-state index contributed by atoms with van der Waals surface area (Å²) in [7, 11) is 0. The van der Waals surface area contributed by atoms with Crippen molar-refractivity contribution in [3.05, 3.63) is 0 Å². The van der Waals surface area contributed by atoms with Gasteiger partial charge >= 0.3 is 0 Å². The van der Waals surface area contributed by atoms with Crippen LogP contribution in [-0.4, -0.2) is 12.6 Å². The molecule has 1 aliphatic carbocycles. The summed E-state index contributed by atoms with van der Waals surface area (Å²) in [6, 6.07) is 0.745. The first-order valence-electron chi connectivity index (χ1n) is 7.69. The summed E-state index contributed by atoms with van der Waals surface area (Å²) in [5.74, 6) is 1.92. The monoisotopic (exact) mass is 239 g/mol. The smallest absolute Gasteiger partial charge is 0.0100 e. The van der Waals surface area contributed by atoms with Crippen molar-refractivity contribution in [3.8, 4) is 0 Å². The third kappa shape index (κ3) is 5.42. The highest BCUT2D eigenvalue weighted by atomic mass is 14.9. The van der Waals surface area contributed by atoms with Gasteiger partial charge in [-0.1, -0.05) is 53.9 Å². The fourth-order valence-electron chi connectivity index (χ4n) is 3.40. The van der Waals surface area contributed by atoms with E-state index >= 15 is 0 Å². The van der Waals surface area contributed by atoms with Crippen LogP contribution in [0.3, 0.4) is 0 Å². The lowest BCUT2D eigenvalue weighted by molar-refractivity contribution is 0.172. The van der Waals surface area contributed by atoms with Crippen molar-refractivity contribution in [1.29, 1.82) is 0 Å². The Morgan fingerprint density at radius 3 is 2.41 bits per heavy atom. The highest BCUT2D eigenvalue weighted by Crippen LogP contribution is 2.36. The van der Waals surface area contributed by atoms with E-state index in [1.807, 2.05) is 0 Å². The second kappa shape index (κ2) is 6.78. The molecule has 0 heterocycles. The predicted molar refractivity (Wildman–Crippen MR) is 77.3 cm³/mol. The van der Waals surface area contributed by atoms with E-state index in [0.29, 0.717) is 5.41 Å². The van der Waals surface area contributed by atoms with Crippen LogP contribution in [-0.2, 0) is 0 Å². The average molecular weight is 239 g/mol. The zero-order chi connectivity index (χ0) is 12.9. The van der Waals surface area contributed by atoms with Gasteiger partial charge in [0, 0.05) is 6.04 Å². The van der Waals surface area contributed by atoms with Crippen LogP contribution in [0.25, 0.3) is 0 Å². The van der Waals surface area contributed by atoms with E-state index in [0.717, 1.165) is 24.4 Å². The third-order valence-electron chi connectivity index (χ3n) is 4.27. The molecule has 1 N–H and O–H groups in total. The van der Waals surface area contributed by atoms with Crippen molar-refractivity contribution in [2.75, 3.05) is 6.54 Å². The summed E-state index contributed by atoms with van der Waals surface area (Å²) in [6.45, 7) is 12.8. The minimum absolute atomic E-state index is 0.450. The van der Waals surface area contributed by atoms with E-state index in [-0.39, 0.29) is 0 Å². The molecule has 0 aromatic rings. The summed E-state index contributed by atoms with van der Waals surface area (Å²) in [6.07, 6.45) is 8.54. The normalized spacial score (nSPS) is 28.1. The Morgan fingerprint density at radius 1 is 1.18 bits per heavy atom. The largest absolute Gasteiger partial charge is 0.314 e. The van der Waals surface area contributed by atoms with Gasteiger partial charge in [0.15, 0.2) is 0 Å². The van der Waals surface area contributed by atoms with E-state index in [4.69, 9.17) is 0 Å². The van der Waals surface area contributed by atoms with Crippen molar-refractivity contribution in [2.45, 2.75) is 79.2 Å². The molecule has 1 saturated carbocycles. The average Bonchev–Trinajstić information content (AvgIpc) is 2.27. The molecule has 0 amide bonds. The number of hydrogen-bond donors (Lipinski definition) is 1. The fourth-order valence-corrected chi connectivity index (χ4v) is 3.40. The van der Waals surface area contributed by atoms with Crippen LogP contribution in [0, 0.1) is 17.3 Å². The van der Waals surface area contributed by atoms with Crippen molar-refractivity contribution in [2.24, 2.45) is 17.3 Å². The standard InChI is InChI=1S/C16H33N/c1-6-13-9-8-10-14(11-13)15(17-7-2)12-16(3,4)5/h13-15,17H,6-12H2,1-5H3. The van der Waals surface area contributed by atoms with E-state index in [9.17, 15) is 0 Å². The first-order valence-corrected chi connectivity index (χ1v) is 7.69. The van der Waals surface area contributed by atoms with Crippen LogP contribution in [0.15, 0.2) is 0 Å². The molecule has 3 unspecified atom stereocenters. The van der Waals surface area contributed by atoms with Crippen LogP contribution in [0.2, 0.25) is 0 Å². The molecule has 0 radical (unpaired) electrons. The molecule has 1 nitrogen and oxygen atoms in total. The van der Waals surface area contributed by atoms with Crippen LogP contribution in [0.4, 0.5) is 0 Å². The molecule has 1 fully saturated rings. The lowest BCUT2D eigenvalue weighted by Crippen LogP contribution is -2.41. The zero-order valence-corrected chi connectivity index (χ0v) is 12.7. The Labute approximate surface area is 109 Å². The molecule has 1 heteroatoms. The Hall–Kier alpha value is -0.0400. The highest BCUT2D eigenvalue weighted by Gasteiger charge is 2.29. The van der Waals surface area contributed by atoms with Gasteiger partial charge in [-0.15, -0.1) is 0 Å². The van der Waals surface area contributed by atoms with Gasteiger partial charge in [0.05, 0.1) is 0 Å². The van der Waals surface area contributed by atoms with E-state index in [2.05, 4.69) is 39.9 Å². The molecule has 102 valence electrons. The Morgan fingerprint density at radius 2 is 1.88 bits per heavy atom. The lowest BCUT2D eigenvalue weighted by atomic mass is 9.73. The Bertz CT molecular complexity index is 204. The van der Waals surface area contributed by atoms with Crippen LogP contribution >= 0.6 is 0 Å². The molecule has 0 aromatic heterocycles. The van der Waals surface area contributed by atoms with Gasteiger partial charge in [-0.05, 0) is 43.1 Å². The number of rotatable bonds is 5. The molecule has 17 heavy (non-hydrogen) atoms. The quantitative estimate of drug-likeness (QED) is 0.738. The molecule has 1 rings (SSSR count). The van der Waals surface area contributed by atoms with Gasteiger partial charge in [-0.3, -0.25) is 0 Å². The number of nitrogens with one attached hydrogen (secondary N) is 1. The van der Waals surface area contributed by atoms with Crippen molar-refractivity contribution in [1.82, 2.24) is 5.32 Å². The maximum absolute atomic E-state index is 3.75. The summed E-state index contributed by atoms with van der Waals surface area (Å²) >= 11 is 0. The van der Waals surface area contributed by atoms with Gasteiger partial charge in [-0.2, -0.15) is 0 Å². The minimum atomic E-state index is 0.450. The van der Waals surface area contributed by atoms with Crippen LogP contribution in [0.1, 0.15) is 73.1 Å². The van der Waals surface area contributed by atoms with Crippen LogP contribution < -0.4 is 5.32 Å². The second-order valence-corrected chi connectivity index (χ2v) is 7.13. The lowest BCUT2D eigenvalue weighted by Gasteiger charge is -2.37. The Kier molecular flexibility index (Phi) is 5.99. The highest BCUT2D eigenvalue weighted by molar-refractivity contribution is 4.85. The molecule has 0 spiro atoms. The SMILES string of the molecule is CCNC(CC(C)(C)C)C1CCCC(CC)C1. The molecule has 0 saturated heterocycles. The molecule has 3 atom stereocenters. The molecule has 1 aliphatic rings. The predicted octanol–water partition coefficient (Wildman–Crippen LogP) is 4.62. The molecule has 0 bridgehead atoms. The van der Waals surface area contributed by atoms with Gasteiger partial charge < -0.3 is 5.32 Å². The molecular weight excluding hydrogens is 206 g/mol. The topological polar surface area (TPSA) is 12.0 Å². The second-order valence-electron chi connectivity index (χ2n) is 7.13.